The van der Waals surface area contributed by atoms with Crippen molar-refractivity contribution in [2.24, 2.45) is 0 Å². The second-order valence-corrected chi connectivity index (χ2v) is 7.06. The van der Waals surface area contributed by atoms with Gasteiger partial charge in [0.25, 0.3) is 0 Å². The summed E-state index contributed by atoms with van der Waals surface area (Å²) in [5, 5.41) is 3.83. The predicted molar refractivity (Wildman–Crippen MR) is 87.6 cm³/mol. The zero-order chi connectivity index (χ0) is 14.7. The van der Waals surface area contributed by atoms with Gasteiger partial charge in [-0.3, -0.25) is 10.1 Å². The van der Waals surface area contributed by atoms with E-state index in [2.05, 4.69) is 36.5 Å². The maximum absolute atomic E-state index is 12.3. The molecule has 0 bridgehead atoms. The molecule has 1 unspecified atom stereocenters. The second-order valence-electron chi connectivity index (χ2n) is 5.72. The van der Waals surface area contributed by atoms with E-state index >= 15 is 0 Å². The number of amides is 1. The Labute approximate surface area is 130 Å². The number of nitrogens with zero attached hydrogens (tertiary/aromatic N) is 1. The molecule has 0 spiro atoms. The van der Waals surface area contributed by atoms with Gasteiger partial charge in [0.2, 0.25) is 5.91 Å². The van der Waals surface area contributed by atoms with Crippen LogP contribution >= 0.6 is 11.8 Å². The van der Waals surface area contributed by atoms with Crippen LogP contribution in [0.4, 0.5) is 0 Å². The number of carbonyl (C=O) groups excluding carboxylic acids is 1. The molecule has 1 N–H and O–H groups in total. The molecule has 1 saturated heterocycles. The third kappa shape index (κ3) is 3.50. The molecule has 0 aliphatic carbocycles. The number of hydrogen-bond donors (Lipinski definition) is 1. The largest absolute Gasteiger partial charge is 0.341 e. The van der Waals surface area contributed by atoms with Gasteiger partial charge in [-0.25, -0.2) is 0 Å². The van der Waals surface area contributed by atoms with Gasteiger partial charge < -0.3 is 4.90 Å². The summed E-state index contributed by atoms with van der Waals surface area (Å²) in [6.07, 6.45) is 6.18. The van der Waals surface area contributed by atoms with Crippen LogP contribution in [-0.4, -0.2) is 41.7 Å². The van der Waals surface area contributed by atoms with Crippen LogP contribution < -0.4 is 5.32 Å². The van der Waals surface area contributed by atoms with E-state index in [-0.39, 0.29) is 11.9 Å². The van der Waals surface area contributed by atoms with Gasteiger partial charge >= 0.3 is 0 Å². The smallest absolute Gasteiger partial charge is 0.243 e. The summed E-state index contributed by atoms with van der Waals surface area (Å²) in [6.45, 7) is 4.75. The van der Waals surface area contributed by atoms with Crippen molar-refractivity contribution in [1.29, 1.82) is 0 Å². The van der Waals surface area contributed by atoms with Gasteiger partial charge in [-0.15, -0.1) is 11.8 Å². The lowest BCUT2D eigenvalue weighted by Crippen LogP contribution is -2.47. The summed E-state index contributed by atoms with van der Waals surface area (Å²) < 4.78 is 0. The number of benzene rings is 1. The Morgan fingerprint density at radius 2 is 2.05 bits per heavy atom. The number of likely N-dealkylation sites (tertiary alicyclic amines) is 1. The third-order valence-corrected chi connectivity index (χ3v) is 5.71. The predicted octanol–water partition coefficient (Wildman–Crippen LogP) is 2.61. The molecule has 1 amide bonds. The Balaban J connectivity index is 1.52. The highest BCUT2D eigenvalue weighted by atomic mass is 32.2. The van der Waals surface area contributed by atoms with Crippen LogP contribution in [0.1, 0.15) is 18.4 Å². The Hall–Kier alpha value is -1.26. The number of hydrogen-bond acceptors (Lipinski definition) is 3. The van der Waals surface area contributed by atoms with Crippen LogP contribution in [0.5, 0.6) is 0 Å². The highest BCUT2D eigenvalue weighted by Crippen LogP contribution is 2.32. The average Bonchev–Trinajstić information content (AvgIpc) is 3.04. The molecule has 4 heteroatoms. The first-order valence-corrected chi connectivity index (χ1v) is 8.53. The van der Waals surface area contributed by atoms with Crippen molar-refractivity contribution in [2.75, 3.05) is 19.6 Å². The number of thioether (sulfide) groups is 1. The lowest BCUT2D eigenvalue weighted by Gasteiger charge is -2.33. The van der Waals surface area contributed by atoms with Crippen molar-refractivity contribution in [3.8, 4) is 0 Å². The zero-order valence-electron chi connectivity index (χ0n) is 12.4. The third-order valence-electron chi connectivity index (χ3n) is 4.19. The van der Waals surface area contributed by atoms with Crippen molar-refractivity contribution >= 4 is 17.7 Å². The maximum atomic E-state index is 12.3. The molecule has 3 nitrogen and oxygen atoms in total. The molecule has 2 heterocycles. The van der Waals surface area contributed by atoms with E-state index in [1.165, 1.54) is 10.5 Å². The molecule has 1 fully saturated rings. The second kappa shape index (κ2) is 6.67. The monoisotopic (exact) mass is 302 g/mol. The fourth-order valence-electron chi connectivity index (χ4n) is 2.90. The van der Waals surface area contributed by atoms with Crippen molar-refractivity contribution in [3.63, 3.8) is 0 Å². The van der Waals surface area contributed by atoms with Crippen LogP contribution in [0.3, 0.4) is 0 Å². The Morgan fingerprint density at radius 3 is 2.71 bits per heavy atom. The Morgan fingerprint density at radius 1 is 1.29 bits per heavy atom. The summed E-state index contributed by atoms with van der Waals surface area (Å²) in [5.74, 6) is 0.239. The van der Waals surface area contributed by atoms with E-state index in [4.69, 9.17) is 0 Å². The molecule has 2 aliphatic heterocycles. The number of rotatable bonds is 3. The number of aryl methyl sites for hydroxylation is 1. The number of piperidine rings is 1. The molecule has 1 aromatic rings. The molecule has 21 heavy (non-hydrogen) atoms. The summed E-state index contributed by atoms with van der Waals surface area (Å²) in [7, 11) is 0. The molecule has 0 saturated carbocycles. The van der Waals surface area contributed by atoms with E-state index in [0.717, 1.165) is 32.5 Å². The summed E-state index contributed by atoms with van der Waals surface area (Å²) >= 11 is 1.97. The van der Waals surface area contributed by atoms with E-state index in [0.29, 0.717) is 5.25 Å². The van der Waals surface area contributed by atoms with E-state index in [1.807, 2.05) is 28.8 Å². The number of carbonyl (C=O) groups is 1. The van der Waals surface area contributed by atoms with E-state index in [9.17, 15) is 4.79 Å². The van der Waals surface area contributed by atoms with Gasteiger partial charge in [0.1, 0.15) is 6.04 Å². The molecular weight excluding hydrogens is 280 g/mol. The van der Waals surface area contributed by atoms with Gasteiger partial charge in [0, 0.05) is 29.8 Å². The number of nitrogens with one attached hydrogen (secondary N) is 1. The average molecular weight is 302 g/mol. The van der Waals surface area contributed by atoms with E-state index in [1.54, 1.807) is 0 Å². The lowest BCUT2D eigenvalue weighted by molar-refractivity contribution is -0.132. The first kappa shape index (κ1) is 14.7. The highest BCUT2D eigenvalue weighted by molar-refractivity contribution is 8.00. The molecule has 1 aromatic carbocycles. The van der Waals surface area contributed by atoms with Gasteiger partial charge in [-0.1, -0.05) is 30.4 Å². The molecule has 112 valence electrons. The molecular formula is C17H22N2OS. The Kier molecular flexibility index (Phi) is 4.66. The van der Waals surface area contributed by atoms with Crippen molar-refractivity contribution in [1.82, 2.24) is 10.2 Å². The van der Waals surface area contributed by atoms with Crippen molar-refractivity contribution < 1.29 is 4.79 Å². The molecule has 0 aromatic heterocycles. The van der Waals surface area contributed by atoms with Crippen LogP contribution in [0.2, 0.25) is 0 Å². The topological polar surface area (TPSA) is 32.3 Å². The quantitative estimate of drug-likeness (QED) is 0.871. The standard InChI is InChI=1S/C17H22N2OS/c1-13-5-2-3-7-16(13)21-14-8-11-19(12-9-14)17(20)15-6-4-10-18-15/h2-7,14-15,18H,8-12H2,1H3. The summed E-state index contributed by atoms with van der Waals surface area (Å²) in [5.41, 5.74) is 1.35. The minimum Gasteiger partial charge on any atom is -0.341 e. The van der Waals surface area contributed by atoms with Gasteiger partial charge in [0.15, 0.2) is 0 Å². The fraction of sp³-hybridized carbons (Fsp3) is 0.471. The fourth-order valence-corrected chi connectivity index (χ4v) is 4.11. The maximum Gasteiger partial charge on any atom is 0.243 e. The summed E-state index contributed by atoms with van der Waals surface area (Å²) in [4.78, 5) is 15.7. The first-order valence-electron chi connectivity index (χ1n) is 7.65. The van der Waals surface area contributed by atoms with Gasteiger partial charge in [-0.2, -0.15) is 0 Å². The van der Waals surface area contributed by atoms with Crippen molar-refractivity contribution in [2.45, 2.75) is 36.0 Å². The van der Waals surface area contributed by atoms with Crippen LogP contribution in [-0.2, 0) is 4.79 Å². The zero-order valence-corrected chi connectivity index (χ0v) is 13.2. The van der Waals surface area contributed by atoms with Crippen LogP contribution in [0.25, 0.3) is 0 Å². The summed E-state index contributed by atoms with van der Waals surface area (Å²) in [6, 6.07) is 8.46. The van der Waals surface area contributed by atoms with Crippen LogP contribution in [0, 0.1) is 6.92 Å². The van der Waals surface area contributed by atoms with E-state index < -0.39 is 0 Å². The highest BCUT2D eigenvalue weighted by Gasteiger charge is 2.28. The normalized spacial score (nSPS) is 22.7. The Bertz CT molecular complexity index is 535. The lowest BCUT2D eigenvalue weighted by atomic mass is 10.1. The van der Waals surface area contributed by atoms with Crippen LogP contribution in [0.15, 0.2) is 41.3 Å². The van der Waals surface area contributed by atoms with Gasteiger partial charge in [0.05, 0.1) is 0 Å². The first-order chi connectivity index (χ1) is 10.2. The minimum atomic E-state index is -0.0921. The molecule has 0 radical (unpaired) electrons. The van der Waals surface area contributed by atoms with Gasteiger partial charge in [-0.05, 0) is 31.4 Å². The SMILES string of the molecule is Cc1ccccc1SC1CCN(C(=O)C2C=CCN2)CC1. The minimum absolute atomic E-state index is 0.0921. The molecule has 1 atom stereocenters. The molecule has 2 aliphatic rings. The van der Waals surface area contributed by atoms with Crippen molar-refractivity contribution in [3.05, 3.63) is 42.0 Å². The molecule has 3 rings (SSSR count).